The van der Waals surface area contributed by atoms with Gasteiger partial charge in [0.15, 0.2) is 5.13 Å². The van der Waals surface area contributed by atoms with E-state index in [4.69, 9.17) is 4.52 Å². The number of nitrogens with zero attached hydrogens (tertiary/aromatic N) is 2. The molecule has 0 aliphatic heterocycles. The maximum absolute atomic E-state index is 5.01. The zero-order chi connectivity index (χ0) is 12.5. The molecule has 3 aromatic rings. The monoisotopic (exact) mass is 323 g/mol. The van der Waals surface area contributed by atoms with Gasteiger partial charge in [0.05, 0.1) is 16.8 Å². The predicted octanol–water partition coefficient (Wildman–Crippen LogP) is 3.97. The highest BCUT2D eigenvalue weighted by Gasteiger charge is 2.05. The third-order valence-corrected chi connectivity index (χ3v) is 3.92. The van der Waals surface area contributed by atoms with Crippen molar-refractivity contribution in [1.29, 1.82) is 0 Å². The zero-order valence-corrected chi connectivity index (χ0v) is 12.0. The van der Waals surface area contributed by atoms with Gasteiger partial charge in [-0.25, -0.2) is 4.98 Å². The molecule has 2 heterocycles. The second-order valence-corrected chi connectivity index (χ2v) is 5.86. The molecule has 3 rings (SSSR count). The average Bonchev–Trinajstić information content (AvgIpc) is 2.92. The number of hydrogen-bond acceptors (Lipinski definition) is 5. The number of rotatable bonds is 3. The standard InChI is InChI=1S/C12H10BrN3OS/c1-7-4-9(16-17-7)6-14-12-15-10-3-2-8(13)5-11(10)18-12/h2-5H,6H2,1H3,(H,14,15). The van der Waals surface area contributed by atoms with E-state index < -0.39 is 0 Å². The molecule has 2 aromatic heterocycles. The molecule has 4 nitrogen and oxygen atoms in total. The minimum absolute atomic E-state index is 0.623. The van der Waals surface area contributed by atoms with Gasteiger partial charge in [-0.1, -0.05) is 32.4 Å². The lowest BCUT2D eigenvalue weighted by molar-refractivity contribution is 0.391. The Labute approximate surface area is 116 Å². The van der Waals surface area contributed by atoms with Crippen molar-refractivity contribution in [1.82, 2.24) is 10.1 Å². The largest absolute Gasteiger partial charge is 0.361 e. The average molecular weight is 324 g/mol. The van der Waals surface area contributed by atoms with Crippen LogP contribution in [0.5, 0.6) is 0 Å². The van der Waals surface area contributed by atoms with Gasteiger partial charge in [0.1, 0.15) is 11.5 Å². The van der Waals surface area contributed by atoms with Crippen LogP contribution in [0.1, 0.15) is 11.5 Å². The molecule has 6 heteroatoms. The van der Waals surface area contributed by atoms with Crippen molar-refractivity contribution < 1.29 is 4.52 Å². The van der Waals surface area contributed by atoms with Crippen LogP contribution in [0.15, 0.2) is 33.3 Å². The molecule has 0 saturated carbocycles. The van der Waals surface area contributed by atoms with Crippen LogP contribution < -0.4 is 5.32 Å². The van der Waals surface area contributed by atoms with E-state index in [1.165, 1.54) is 0 Å². The van der Waals surface area contributed by atoms with Crippen LogP contribution in [0.4, 0.5) is 5.13 Å². The molecule has 0 amide bonds. The summed E-state index contributed by atoms with van der Waals surface area (Å²) in [6, 6.07) is 7.98. The van der Waals surface area contributed by atoms with Gasteiger partial charge in [-0.3, -0.25) is 0 Å². The Kier molecular flexibility index (Phi) is 3.05. The molecular formula is C12H10BrN3OS. The molecule has 92 valence electrons. The molecule has 0 aliphatic rings. The van der Waals surface area contributed by atoms with Gasteiger partial charge < -0.3 is 9.84 Å². The number of anilines is 1. The summed E-state index contributed by atoms with van der Waals surface area (Å²) >= 11 is 5.08. The Hall–Kier alpha value is -1.40. The maximum atomic E-state index is 5.01. The van der Waals surface area contributed by atoms with Crippen molar-refractivity contribution in [2.75, 3.05) is 5.32 Å². The summed E-state index contributed by atoms with van der Waals surface area (Å²) in [6.45, 7) is 2.50. The molecule has 0 unspecified atom stereocenters. The molecule has 1 aromatic carbocycles. The Morgan fingerprint density at radius 1 is 1.39 bits per heavy atom. The van der Waals surface area contributed by atoms with E-state index in [-0.39, 0.29) is 0 Å². The van der Waals surface area contributed by atoms with Gasteiger partial charge in [-0.2, -0.15) is 0 Å². The first-order valence-corrected chi connectivity index (χ1v) is 7.04. The van der Waals surface area contributed by atoms with Crippen molar-refractivity contribution in [3.05, 3.63) is 40.2 Å². The first-order valence-electron chi connectivity index (χ1n) is 5.43. The minimum Gasteiger partial charge on any atom is -0.361 e. The first-order chi connectivity index (χ1) is 8.70. The van der Waals surface area contributed by atoms with E-state index in [9.17, 15) is 0 Å². The number of thiazole rings is 1. The molecular weight excluding hydrogens is 314 g/mol. The lowest BCUT2D eigenvalue weighted by atomic mass is 10.3. The SMILES string of the molecule is Cc1cc(CNc2nc3ccc(Br)cc3s2)no1. The number of nitrogens with one attached hydrogen (secondary N) is 1. The molecule has 0 radical (unpaired) electrons. The number of aryl methyl sites for hydroxylation is 1. The van der Waals surface area contributed by atoms with Crippen LogP contribution >= 0.6 is 27.3 Å². The number of aromatic nitrogens is 2. The topological polar surface area (TPSA) is 51.0 Å². The minimum atomic E-state index is 0.623. The van der Waals surface area contributed by atoms with E-state index in [0.29, 0.717) is 6.54 Å². The summed E-state index contributed by atoms with van der Waals surface area (Å²) in [6.07, 6.45) is 0. The van der Waals surface area contributed by atoms with Crippen molar-refractivity contribution in [2.24, 2.45) is 0 Å². The van der Waals surface area contributed by atoms with Crippen LogP contribution in [-0.2, 0) is 6.54 Å². The first kappa shape index (κ1) is 11.7. The van der Waals surface area contributed by atoms with E-state index >= 15 is 0 Å². The molecule has 18 heavy (non-hydrogen) atoms. The fourth-order valence-electron chi connectivity index (χ4n) is 1.64. The summed E-state index contributed by atoms with van der Waals surface area (Å²) in [5.41, 5.74) is 1.88. The van der Waals surface area contributed by atoms with Crippen LogP contribution in [0.3, 0.4) is 0 Å². The van der Waals surface area contributed by atoms with Crippen molar-refractivity contribution in [3.63, 3.8) is 0 Å². The number of halogens is 1. The predicted molar refractivity (Wildman–Crippen MR) is 75.9 cm³/mol. The third kappa shape index (κ3) is 2.39. The zero-order valence-electron chi connectivity index (χ0n) is 9.61. The molecule has 0 atom stereocenters. The normalized spacial score (nSPS) is 11.0. The van der Waals surface area contributed by atoms with Gasteiger partial charge >= 0.3 is 0 Å². The second kappa shape index (κ2) is 4.70. The molecule has 0 spiro atoms. The highest BCUT2D eigenvalue weighted by atomic mass is 79.9. The smallest absolute Gasteiger partial charge is 0.184 e. The molecule has 0 bridgehead atoms. The van der Waals surface area contributed by atoms with Crippen molar-refractivity contribution in [2.45, 2.75) is 13.5 Å². The van der Waals surface area contributed by atoms with Crippen LogP contribution in [0.25, 0.3) is 10.2 Å². The van der Waals surface area contributed by atoms with Gasteiger partial charge in [-0.05, 0) is 25.1 Å². The lowest BCUT2D eigenvalue weighted by Crippen LogP contribution is -1.98. The Bertz CT molecular complexity index is 692. The van der Waals surface area contributed by atoms with E-state index in [1.807, 2.05) is 25.1 Å². The summed E-state index contributed by atoms with van der Waals surface area (Å²) < 4.78 is 7.24. The van der Waals surface area contributed by atoms with Crippen molar-refractivity contribution in [3.8, 4) is 0 Å². The Balaban J connectivity index is 1.78. The number of hydrogen-bond donors (Lipinski definition) is 1. The fraction of sp³-hybridized carbons (Fsp3) is 0.167. The van der Waals surface area contributed by atoms with E-state index in [2.05, 4.69) is 37.5 Å². The molecule has 0 saturated heterocycles. The van der Waals surface area contributed by atoms with E-state index in [1.54, 1.807) is 11.3 Å². The summed E-state index contributed by atoms with van der Waals surface area (Å²) in [5, 5.41) is 8.08. The quantitative estimate of drug-likeness (QED) is 0.792. The van der Waals surface area contributed by atoms with Crippen LogP contribution in [0.2, 0.25) is 0 Å². The Morgan fingerprint density at radius 3 is 3.06 bits per heavy atom. The van der Waals surface area contributed by atoms with Crippen molar-refractivity contribution >= 4 is 42.6 Å². The van der Waals surface area contributed by atoms with Gasteiger partial charge in [-0.15, -0.1) is 0 Å². The molecule has 1 N–H and O–H groups in total. The van der Waals surface area contributed by atoms with Gasteiger partial charge in [0, 0.05) is 10.5 Å². The third-order valence-electron chi connectivity index (χ3n) is 2.45. The van der Waals surface area contributed by atoms with Gasteiger partial charge in [0.25, 0.3) is 0 Å². The van der Waals surface area contributed by atoms with E-state index in [0.717, 1.165) is 31.3 Å². The van der Waals surface area contributed by atoms with Crippen LogP contribution in [0, 0.1) is 6.92 Å². The number of fused-ring (bicyclic) bond motifs is 1. The Morgan fingerprint density at radius 2 is 2.28 bits per heavy atom. The highest BCUT2D eigenvalue weighted by Crippen LogP contribution is 2.28. The maximum Gasteiger partial charge on any atom is 0.184 e. The summed E-state index contributed by atoms with van der Waals surface area (Å²) in [5.74, 6) is 0.819. The summed E-state index contributed by atoms with van der Waals surface area (Å²) in [7, 11) is 0. The van der Waals surface area contributed by atoms with Gasteiger partial charge in [0.2, 0.25) is 0 Å². The highest BCUT2D eigenvalue weighted by molar-refractivity contribution is 9.10. The fourth-order valence-corrected chi connectivity index (χ4v) is 3.05. The lowest BCUT2D eigenvalue weighted by Gasteiger charge is -1.96. The second-order valence-electron chi connectivity index (χ2n) is 3.91. The summed E-state index contributed by atoms with van der Waals surface area (Å²) in [4.78, 5) is 4.50. The molecule has 0 fully saturated rings. The molecule has 0 aliphatic carbocycles. The number of benzene rings is 1. The van der Waals surface area contributed by atoms with Crippen LogP contribution in [-0.4, -0.2) is 10.1 Å².